The van der Waals surface area contributed by atoms with Crippen LogP contribution in [0.1, 0.15) is 27.2 Å². The predicted octanol–water partition coefficient (Wildman–Crippen LogP) is 7.52. The second kappa shape index (κ2) is 10.6. The van der Waals surface area contributed by atoms with Gasteiger partial charge in [-0.05, 0) is 78.3 Å². The fourth-order valence-corrected chi connectivity index (χ4v) is 5.47. The number of aromatic carboxylic acids is 1. The first kappa shape index (κ1) is 24.8. The summed E-state index contributed by atoms with van der Waals surface area (Å²) in [6, 6.07) is 25.7. The number of para-hydroxylation sites is 1. The van der Waals surface area contributed by atoms with Gasteiger partial charge in [-0.25, -0.2) is 9.79 Å². The van der Waals surface area contributed by atoms with Crippen molar-refractivity contribution in [1.82, 2.24) is 4.90 Å². The molecule has 6 nitrogen and oxygen atoms in total. The van der Waals surface area contributed by atoms with E-state index >= 15 is 0 Å². The van der Waals surface area contributed by atoms with Crippen molar-refractivity contribution in [3.63, 3.8) is 0 Å². The monoisotopic (exact) mass is 572 g/mol. The number of nitrogens with zero attached hydrogens (tertiary/aromatic N) is 2. The van der Waals surface area contributed by atoms with Gasteiger partial charge < -0.3 is 9.52 Å². The number of hydrogen-bond donors (Lipinski definition) is 1. The largest absolute Gasteiger partial charge is 0.478 e. The molecule has 5 rings (SSSR count). The second-order valence-corrected chi connectivity index (χ2v) is 10.3. The summed E-state index contributed by atoms with van der Waals surface area (Å²) in [4.78, 5) is 31.5. The predicted molar refractivity (Wildman–Crippen MR) is 150 cm³/mol. The minimum Gasteiger partial charge on any atom is -0.478 e. The van der Waals surface area contributed by atoms with E-state index in [4.69, 9.17) is 9.41 Å². The van der Waals surface area contributed by atoms with E-state index in [-0.39, 0.29) is 18.0 Å². The van der Waals surface area contributed by atoms with Gasteiger partial charge in [-0.15, -0.1) is 0 Å². The van der Waals surface area contributed by atoms with E-state index in [1.165, 1.54) is 23.9 Å². The Labute approximate surface area is 226 Å². The van der Waals surface area contributed by atoms with Gasteiger partial charge in [0, 0.05) is 16.1 Å². The third kappa shape index (κ3) is 5.60. The van der Waals surface area contributed by atoms with Crippen LogP contribution in [0.25, 0.3) is 17.4 Å². The van der Waals surface area contributed by atoms with Crippen LogP contribution in [-0.2, 0) is 11.3 Å². The molecule has 0 bridgehead atoms. The van der Waals surface area contributed by atoms with E-state index in [9.17, 15) is 14.7 Å². The Balaban J connectivity index is 1.45. The van der Waals surface area contributed by atoms with Crippen molar-refractivity contribution >= 4 is 56.5 Å². The smallest absolute Gasteiger partial charge is 0.335 e. The minimum absolute atomic E-state index is 0.193. The molecule has 0 aliphatic carbocycles. The Morgan fingerprint density at radius 3 is 2.51 bits per heavy atom. The van der Waals surface area contributed by atoms with Gasteiger partial charge in [0.2, 0.25) is 0 Å². The maximum Gasteiger partial charge on any atom is 0.335 e. The molecule has 1 saturated heterocycles. The van der Waals surface area contributed by atoms with Crippen LogP contribution in [0, 0.1) is 6.92 Å². The van der Waals surface area contributed by atoms with Crippen molar-refractivity contribution in [3.8, 4) is 11.3 Å². The number of halogens is 1. The van der Waals surface area contributed by atoms with Crippen LogP contribution in [0.3, 0.4) is 0 Å². The lowest BCUT2D eigenvalue weighted by atomic mass is 10.1. The molecule has 1 aliphatic heterocycles. The fourth-order valence-electron chi connectivity index (χ4n) is 3.80. The van der Waals surface area contributed by atoms with Crippen LogP contribution in [0.4, 0.5) is 5.69 Å². The zero-order valence-corrected chi connectivity index (χ0v) is 22.1. The highest BCUT2D eigenvalue weighted by Gasteiger charge is 2.34. The summed E-state index contributed by atoms with van der Waals surface area (Å²) in [6.07, 6.45) is 1.73. The Bertz CT molecular complexity index is 1540. The van der Waals surface area contributed by atoms with Gasteiger partial charge >= 0.3 is 5.97 Å². The average molecular weight is 573 g/mol. The molecule has 1 aromatic heterocycles. The Morgan fingerprint density at radius 1 is 1.05 bits per heavy atom. The first-order valence-corrected chi connectivity index (χ1v) is 13.0. The molecule has 1 aliphatic rings. The number of benzene rings is 3. The third-order valence-electron chi connectivity index (χ3n) is 5.70. The molecule has 1 N–H and O–H groups in total. The highest BCUT2D eigenvalue weighted by atomic mass is 79.9. The summed E-state index contributed by atoms with van der Waals surface area (Å²) in [7, 11) is 0. The minimum atomic E-state index is -0.994. The fraction of sp³-hybridized carbons (Fsp3) is 0.0690. The number of carboxylic acids is 1. The number of rotatable bonds is 6. The van der Waals surface area contributed by atoms with Crippen LogP contribution in [0.2, 0.25) is 0 Å². The molecule has 0 saturated carbocycles. The molecule has 4 aromatic rings. The SMILES string of the molecule is Cc1ccc(-c2ccc(/C=C3\SC(=Nc4ccccc4)N(Cc4ccc(C(=O)O)cc4)C3=O)o2)c(Br)c1. The summed E-state index contributed by atoms with van der Waals surface area (Å²) in [5, 5.41) is 9.72. The molecular weight excluding hydrogens is 552 g/mol. The van der Waals surface area contributed by atoms with Crippen molar-refractivity contribution in [2.75, 3.05) is 0 Å². The van der Waals surface area contributed by atoms with Gasteiger partial charge in [0.25, 0.3) is 5.91 Å². The van der Waals surface area contributed by atoms with Gasteiger partial charge in [0.1, 0.15) is 11.5 Å². The molecular formula is C29H21BrN2O4S. The van der Waals surface area contributed by atoms with E-state index in [1.807, 2.05) is 67.6 Å². The van der Waals surface area contributed by atoms with Crippen molar-refractivity contribution < 1.29 is 19.1 Å². The maximum absolute atomic E-state index is 13.5. The van der Waals surface area contributed by atoms with E-state index in [0.717, 1.165) is 26.9 Å². The van der Waals surface area contributed by atoms with Crippen LogP contribution in [0.5, 0.6) is 0 Å². The van der Waals surface area contributed by atoms with Gasteiger partial charge in [0.15, 0.2) is 5.17 Å². The lowest BCUT2D eigenvalue weighted by molar-refractivity contribution is -0.122. The molecule has 3 aromatic carbocycles. The Hall–Kier alpha value is -3.88. The number of hydrogen-bond acceptors (Lipinski definition) is 5. The second-order valence-electron chi connectivity index (χ2n) is 8.42. The number of furan rings is 1. The van der Waals surface area contributed by atoms with Gasteiger partial charge in [-0.2, -0.15) is 0 Å². The number of amidine groups is 1. The first-order chi connectivity index (χ1) is 17.9. The number of thioether (sulfide) groups is 1. The Kier molecular flexibility index (Phi) is 7.12. The topological polar surface area (TPSA) is 83.1 Å². The summed E-state index contributed by atoms with van der Waals surface area (Å²) < 4.78 is 6.99. The summed E-state index contributed by atoms with van der Waals surface area (Å²) in [6.45, 7) is 2.28. The van der Waals surface area contributed by atoms with Gasteiger partial charge in [-0.3, -0.25) is 9.69 Å². The highest BCUT2D eigenvalue weighted by molar-refractivity contribution is 9.10. The molecule has 0 unspecified atom stereocenters. The van der Waals surface area contributed by atoms with Crippen molar-refractivity contribution in [3.05, 3.63) is 117 Å². The molecule has 37 heavy (non-hydrogen) atoms. The molecule has 0 radical (unpaired) electrons. The maximum atomic E-state index is 13.5. The number of aryl methyl sites for hydroxylation is 1. The molecule has 8 heteroatoms. The number of aliphatic imine (C=N–C) groups is 1. The number of carboxylic acid groups (broad SMARTS) is 1. The highest BCUT2D eigenvalue weighted by Crippen LogP contribution is 2.37. The lowest BCUT2D eigenvalue weighted by Crippen LogP contribution is -2.28. The molecule has 0 atom stereocenters. The molecule has 1 fully saturated rings. The zero-order chi connectivity index (χ0) is 25.9. The first-order valence-electron chi connectivity index (χ1n) is 11.4. The van der Waals surface area contributed by atoms with Gasteiger partial charge in [-0.1, -0.05) is 52.3 Å². The summed E-state index contributed by atoms with van der Waals surface area (Å²) >= 11 is 4.87. The van der Waals surface area contributed by atoms with E-state index in [1.54, 1.807) is 23.1 Å². The normalized spacial score (nSPS) is 15.6. The van der Waals surface area contributed by atoms with Gasteiger partial charge in [0.05, 0.1) is 22.7 Å². The van der Waals surface area contributed by atoms with Crippen LogP contribution < -0.4 is 0 Å². The lowest BCUT2D eigenvalue weighted by Gasteiger charge is -2.16. The van der Waals surface area contributed by atoms with E-state index in [2.05, 4.69) is 15.9 Å². The van der Waals surface area contributed by atoms with Crippen molar-refractivity contribution in [2.24, 2.45) is 4.99 Å². The number of amides is 1. The standard InChI is InChI=1S/C29H21BrN2O4S/c1-18-7-13-23(24(30)15-18)25-14-12-22(36-25)16-26-27(33)32(17-19-8-10-20(11-9-19)28(34)35)29(37-26)31-21-5-3-2-4-6-21/h2-16H,17H2,1H3,(H,34,35)/b26-16-,31-29?. The number of carbonyl (C=O) groups excluding carboxylic acids is 1. The number of carbonyl (C=O) groups is 2. The van der Waals surface area contributed by atoms with E-state index < -0.39 is 5.97 Å². The van der Waals surface area contributed by atoms with Crippen molar-refractivity contribution in [2.45, 2.75) is 13.5 Å². The van der Waals surface area contributed by atoms with Crippen molar-refractivity contribution in [1.29, 1.82) is 0 Å². The molecule has 184 valence electrons. The quantitative estimate of drug-likeness (QED) is 0.241. The molecule has 2 heterocycles. The van der Waals surface area contributed by atoms with Crippen LogP contribution in [0.15, 0.2) is 104 Å². The summed E-state index contributed by atoms with van der Waals surface area (Å²) in [5.74, 6) is 0.0654. The zero-order valence-electron chi connectivity index (χ0n) is 19.7. The van der Waals surface area contributed by atoms with Crippen LogP contribution >= 0.6 is 27.7 Å². The molecule has 0 spiro atoms. The van der Waals surface area contributed by atoms with E-state index in [0.29, 0.717) is 21.6 Å². The third-order valence-corrected chi connectivity index (χ3v) is 7.36. The molecule has 1 amide bonds. The van der Waals surface area contributed by atoms with Crippen LogP contribution in [-0.4, -0.2) is 27.1 Å². The average Bonchev–Trinajstić information content (AvgIpc) is 3.45. The summed E-state index contributed by atoms with van der Waals surface area (Å²) in [5.41, 5.74) is 3.79. The Morgan fingerprint density at radius 2 is 1.81 bits per heavy atom.